The minimum atomic E-state index is -0.957. The summed E-state index contributed by atoms with van der Waals surface area (Å²) in [6, 6.07) is 15.4. The molecule has 0 fully saturated rings. The van der Waals surface area contributed by atoms with Gasteiger partial charge in [0.05, 0.1) is 0 Å². The molecule has 3 heteroatoms. The van der Waals surface area contributed by atoms with Crippen LogP contribution in [-0.2, 0) is 11.2 Å². The highest BCUT2D eigenvalue weighted by Crippen LogP contribution is 2.22. The van der Waals surface area contributed by atoms with Crippen LogP contribution in [-0.4, -0.2) is 11.1 Å². The Labute approximate surface area is 117 Å². The Balaban J connectivity index is 2.16. The predicted molar refractivity (Wildman–Crippen MR) is 77.4 cm³/mol. The maximum absolute atomic E-state index is 10.7. The van der Waals surface area contributed by atoms with Crippen LogP contribution >= 0.6 is 11.6 Å². The number of carboxylic acid groups (broad SMARTS) is 1. The average Bonchev–Trinajstić information content (AvgIpc) is 2.40. The first-order chi connectivity index (χ1) is 9.06. The number of rotatable bonds is 4. The second-order valence-corrected chi connectivity index (χ2v) is 4.73. The zero-order chi connectivity index (χ0) is 13.8. The largest absolute Gasteiger partial charge is 0.478 e. The topological polar surface area (TPSA) is 37.3 Å². The van der Waals surface area contributed by atoms with Gasteiger partial charge in [-0.25, -0.2) is 4.79 Å². The van der Waals surface area contributed by atoms with Crippen molar-refractivity contribution in [3.05, 3.63) is 71.3 Å². The maximum Gasteiger partial charge on any atom is 0.331 e. The van der Waals surface area contributed by atoms with Crippen LogP contribution in [0.15, 0.2) is 60.7 Å². The number of benzene rings is 2. The summed E-state index contributed by atoms with van der Waals surface area (Å²) < 4.78 is 0. The monoisotopic (exact) mass is 272 g/mol. The molecule has 0 spiro atoms. The van der Waals surface area contributed by atoms with E-state index in [2.05, 4.69) is 6.58 Å². The van der Waals surface area contributed by atoms with Gasteiger partial charge in [0.25, 0.3) is 0 Å². The summed E-state index contributed by atoms with van der Waals surface area (Å²) in [6.45, 7) is 3.53. The van der Waals surface area contributed by atoms with E-state index in [1.54, 1.807) is 0 Å². The van der Waals surface area contributed by atoms with E-state index in [1.807, 2.05) is 48.5 Å². The van der Waals surface area contributed by atoms with Crippen molar-refractivity contribution in [2.45, 2.75) is 6.42 Å². The van der Waals surface area contributed by atoms with E-state index >= 15 is 0 Å². The van der Waals surface area contributed by atoms with Crippen molar-refractivity contribution in [2.24, 2.45) is 0 Å². The van der Waals surface area contributed by atoms with Crippen LogP contribution in [0.2, 0.25) is 5.02 Å². The van der Waals surface area contributed by atoms with E-state index in [9.17, 15) is 4.79 Å². The number of halogens is 1. The quantitative estimate of drug-likeness (QED) is 0.848. The molecule has 0 aliphatic heterocycles. The molecule has 0 aliphatic rings. The summed E-state index contributed by atoms with van der Waals surface area (Å²) >= 11 is 5.85. The number of aliphatic carboxylic acids is 1. The first kappa shape index (κ1) is 13.4. The first-order valence-electron chi connectivity index (χ1n) is 5.82. The van der Waals surface area contributed by atoms with E-state index in [0.29, 0.717) is 11.4 Å². The summed E-state index contributed by atoms with van der Waals surface area (Å²) in [5.41, 5.74) is 3.28. The van der Waals surface area contributed by atoms with Gasteiger partial charge in [-0.3, -0.25) is 0 Å². The van der Waals surface area contributed by atoms with Gasteiger partial charge in [0, 0.05) is 17.0 Å². The van der Waals surface area contributed by atoms with Crippen LogP contribution in [0.3, 0.4) is 0 Å². The van der Waals surface area contributed by atoms with Gasteiger partial charge in [-0.2, -0.15) is 0 Å². The van der Waals surface area contributed by atoms with Gasteiger partial charge in [-0.1, -0.05) is 54.6 Å². The van der Waals surface area contributed by atoms with Gasteiger partial charge in [0.15, 0.2) is 0 Å². The molecule has 0 atom stereocenters. The van der Waals surface area contributed by atoms with Gasteiger partial charge in [0.2, 0.25) is 0 Å². The number of hydrogen-bond acceptors (Lipinski definition) is 1. The molecule has 19 heavy (non-hydrogen) atoms. The molecule has 0 heterocycles. The van der Waals surface area contributed by atoms with Crippen LogP contribution in [0, 0.1) is 0 Å². The SMILES string of the molecule is C=C(Cc1ccc(-c2ccc(Cl)cc2)cc1)C(=O)O. The van der Waals surface area contributed by atoms with Gasteiger partial charge < -0.3 is 5.11 Å². The summed E-state index contributed by atoms with van der Waals surface area (Å²) in [4.78, 5) is 10.7. The lowest BCUT2D eigenvalue weighted by atomic mass is 10.0. The lowest BCUT2D eigenvalue weighted by molar-refractivity contribution is -0.132. The van der Waals surface area contributed by atoms with Crippen LogP contribution < -0.4 is 0 Å². The van der Waals surface area contributed by atoms with E-state index in [0.717, 1.165) is 16.7 Å². The molecular weight excluding hydrogens is 260 g/mol. The lowest BCUT2D eigenvalue weighted by Gasteiger charge is -2.05. The van der Waals surface area contributed by atoms with Gasteiger partial charge in [-0.05, 0) is 28.8 Å². The second kappa shape index (κ2) is 5.72. The third-order valence-electron chi connectivity index (χ3n) is 2.85. The molecule has 0 radical (unpaired) electrons. The molecule has 0 aromatic heterocycles. The third-order valence-corrected chi connectivity index (χ3v) is 3.10. The Morgan fingerprint density at radius 2 is 1.47 bits per heavy atom. The Bertz CT molecular complexity index is 598. The van der Waals surface area contributed by atoms with E-state index in [4.69, 9.17) is 16.7 Å². The number of hydrogen-bond donors (Lipinski definition) is 1. The maximum atomic E-state index is 10.7. The minimum absolute atomic E-state index is 0.194. The van der Waals surface area contributed by atoms with Crippen molar-refractivity contribution >= 4 is 17.6 Å². The van der Waals surface area contributed by atoms with Crippen LogP contribution in [0.4, 0.5) is 0 Å². The second-order valence-electron chi connectivity index (χ2n) is 4.29. The molecule has 0 unspecified atom stereocenters. The number of carboxylic acids is 1. The molecule has 0 bridgehead atoms. The van der Waals surface area contributed by atoms with E-state index in [1.165, 1.54) is 0 Å². The Morgan fingerprint density at radius 1 is 1.00 bits per heavy atom. The van der Waals surface area contributed by atoms with E-state index in [-0.39, 0.29) is 5.57 Å². The van der Waals surface area contributed by atoms with Crippen molar-refractivity contribution in [3.63, 3.8) is 0 Å². The number of carbonyl (C=O) groups is 1. The fourth-order valence-electron chi connectivity index (χ4n) is 1.78. The molecule has 96 valence electrons. The molecule has 0 saturated carbocycles. The molecule has 2 aromatic carbocycles. The summed E-state index contributed by atoms with van der Waals surface area (Å²) in [5.74, 6) is -0.957. The molecule has 2 aromatic rings. The fraction of sp³-hybridized carbons (Fsp3) is 0.0625. The highest BCUT2D eigenvalue weighted by molar-refractivity contribution is 6.30. The van der Waals surface area contributed by atoms with Crippen molar-refractivity contribution in [3.8, 4) is 11.1 Å². The summed E-state index contributed by atoms with van der Waals surface area (Å²) in [7, 11) is 0. The van der Waals surface area contributed by atoms with E-state index < -0.39 is 5.97 Å². The molecule has 0 saturated heterocycles. The molecule has 0 aliphatic carbocycles. The molecule has 2 nitrogen and oxygen atoms in total. The average molecular weight is 273 g/mol. The highest BCUT2D eigenvalue weighted by atomic mass is 35.5. The zero-order valence-electron chi connectivity index (χ0n) is 10.3. The van der Waals surface area contributed by atoms with Crippen molar-refractivity contribution in [1.29, 1.82) is 0 Å². The fourth-order valence-corrected chi connectivity index (χ4v) is 1.91. The lowest BCUT2D eigenvalue weighted by Crippen LogP contribution is -2.01. The van der Waals surface area contributed by atoms with Crippen LogP contribution in [0.1, 0.15) is 5.56 Å². The highest BCUT2D eigenvalue weighted by Gasteiger charge is 2.05. The normalized spacial score (nSPS) is 10.2. The van der Waals surface area contributed by atoms with Crippen LogP contribution in [0.25, 0.3) is 11.1 Å². The van der Waals surface area contributed by atoms with Crippen molar-refractivity contribution < 1.29 is 9.90 Å². The van der Waals surface area contributed by atoms with Crippen molar-refractivity contribution in [1.82, 2.24) is 0 Å². The molecular formula is C16H13ClO2. The summed E-state index contributed by atoms with van der Waals surface area (Å²) in [5, 5.41) is 9.50. The third kappa shape index (κ3) is 3.46. The van der Waals surface area contributed by atoms with Gasteiger partial charge in [-0.15, -0.1) is 0 Å². The van der Waals surface area contributed by atoms with Gasteiger partial charge >= 0.3 is 5.97 Å². The van der Waals surface area contributed by atoms with Crippen LogP contribution in [0.5, 0.6) is 0 Å². The standard InChI is InChI=1S/C16H13ClO2/c1-11(16(18)19)10-12-2-4-13(5-3-12)14-6-8-15(17)9-7-14/h2-9H,1,10H2,(H,18,19). The molecule has 0 amide bonds. The minimum Gasteiger partial charge on any atom is -0.478 e. The predicted octanol–water partition coefficient (Wildman–Crippen LogP) is 4.19. The Morgan fingerprint density at radius 3 is 1.95 bits per heavy atom. The Kier molecular flexibility index (Phi) is 4.03. The molecule has 2 rings (SSSR count). The Hall–Kier alpha value is -2.06. The smallest absolute Gasteiger partial charge is 0.331 e. The molecule has 1 N–H and O–H groups in total. The summed E-state index contributed by atoms with van der Waals surface area (Å²) in [6.07, 6.45) is 0.357. The zero-order valence-corrected chi connectivity index (χ0v) is 11.0. The van der Waals surface area contributed by atoms with Gasteiger partial charge in [0.1, 0.15) is 0 Å². The van der Waals surface area contributed by atoms with Crippen molar-refractivity contribution in [2.75, 3.05) is 0 Å². The first-order valence-corrected chi connectivity index (χ1v) is 6.20.